The molecular weight excluding hydrogens is 754 g/mol. The van der Waals surface area contributed by atoms with Gasteiger partial charge in [0.05, 0.1) is 15.5 Å². The third-order valence-corrected chi connectivity index (χ3v) is 12.0. The average Bonchev–Trinajstić information content (AvgIpc) is 3.20. The van der Waals surface area contributed by atoms with E-state index in [9.17, 15) is 27.7 Å². The number of carbonyl (C=O) groups is 1. The summed E-state index contributed by atoms with van der Waals surface area (Å²) in [5, 5.41) is 13.3. The third-order valence-electron chi connectivity index (χ3n) is 9.46. The van der Waals surface area contributed by atoms with Gasteiger partial charge >= 0.3 is 5.69 Å². The lowest BCUT2D eigenvalue weighted by molar-refractivity contribution is -0.729. The van der Waals surface area contributed by atoms with E-state index in [-0.39, 0.29) is 38.6 Å². The Bertz CT molecular complexity index is 2220. The summed E-state index contributed by atoms with van der Waals surface area (Å²) in [6.45, 7) is 4.50. The van der Waals surface area contributed by atoms with Gasteiger partial charge in [0.25, 0.3) is 20.9 Å². The van der Waals surface area contributed by atoms with E-state index in [1.807, 2.05) is 61.5 Å². The molecule has 4 aromatic carbocycles. The number of halogens is 1. The van der Waals surface area contributed by atoms with E-state index in [4.69, 9.17) is 0 Å². The van der Waals surface area contributed by atoms with Gasteiger partial charge in [0.1, 0.15) is 11.5 Å². The number of sulfonamides is 1. The molecule has 0 bridgehead atoms. The first kappa shape index (κ1) is 40.3. The second-order valence-electron chi connectivity index (χ2n) is 13.8. The summed E-state index contributed by atoms with van der Waals surface area (Å²) in [4.78, 5) is 36.9. The molecule has 1 aliphatic heterocycles. The molecule has 2 heterocycles. The van der Waals surface area contributed by atoms with Crippen LogP contribution < -0.4 is 14.9 Å². The van der Waals surface area contributed by atoms with Crippen LogP contribution in [0.5, 0.6) is 0 Å². The number of aromatic nitrogens is 1. The number of pyridine rings is 1. The molecule has 12 nitrogen and oxygen atoms in total. The minimum Gasteiger partial charge on any atom is -0.376 e. The lowest BCUT2D eigenvalue weighted by Crippen LogP contribution is -2.46. The summed E-state index contributed by atoms with van der Waals surface area (Å²) in [7, 11) is -0.489. The van der Waals surface area contributed by atoms with Crippen molar-refractivity contribution in [3.05, 3.63) is 137 Å². The molecule has 1 atom stereocenters. The van der Waals surface area contributed by atoms with E-state index in [0.717, 1.165) is 66.2 Å². The van der Waals surface area contributed by atoms with Crippen molar-refractivity contribution in [3.63, 3.8) is 0 Å². The van der Waals surface area contributed by atoms with Crippen LogP contribution in [-0.2, 0) is 16.6 Å². The summed E-state index contributed by atoms with van der Waals surface area (Å²) < 4.78 is 42.3. The number of rotatable bonds is 16. The third kappa shape index (κ3) is 10.7. The molecule has 0 radical (unpaired) electrons. The van der Waals surface area contributed by atoms with E-state index in [1.54, 1.807) is 54.4 Å². The maximum atomic E-state index is 13.5. The van der Waals surface area contributed by atoms with Gasteiger partial charge < -0.3 is 15.1 Å². The molecule has 0 unspecified atom stereocenters. The van der Waals surface area contributed by atoms with Gasteiger partial charge in [-0.1, -0.05) is 24.3 Å². The minimum atomic E-state index is -4.41. The molecule has 1 aliphatic rings. The molecule has 1 fully saturated rings. The van der Waals surface area contributed by atoms with Crippen LogP contribution >= 0.6 is 11.8 Å². The molecule has 1 saturated heterocycles. The highest BCUT2D eigenvalue weighted by Gasteiger charge is 2.28. The first-order valence-corrected chi connectivity index (χ1v) is 20.7. The van der Waals surface area contributed by atoms with Crippen LogP contribution in [0.25, 0.3) is 11.3 Å². The summed E-state index contributed by atoms with van der Waals surface area (Å²) in [6, 6.07) is 30.5. The van der Waals surface area contributed by atoms with Gasteiger partial charge in [0, 0.05) is 78.5 Å². The van der Waals surface area contributed by atoms with Gasteiger partial charge in [-0.2, -0.15) is 0 Å². The standard InChI is InChI=1S/C41H44FN7O5S2/c1-46(2)22-20-34(29-55-36-8-4-3-5-9-36)44-38-19-18-37(27-39(38)49(51)52)56(53,54)45-41(50)31-12-16-35(17-13-31)48-25-23-47(24-26-48)28-32-7-6-21-43-40(32)30-10-14-33(42)15-11-30/h3-19,21,27,34,44H,20,22-26,28-29H2,1-2H3,(H-,45,50,51,52)/p+1/t34-/m1/s1. The van der Waals surface area contributed by atoms with Crippen molar-refractivity contribution in [1.82, 2.24) is 19.5 Å². The number of benzene rings is 4. The lowest BCUT2D eigenvalue weighted by Gasteiger charge is -2.36. The Kier molecular flexibility index (Phi) is 13.3. The SMILES string of the molecule is CN(C)CC[C@H](CSc1ccccc1)Nc1ccc(S(=O)(=O)NC(=O)c2ccc(N3CCN(Cc4cccnc4-c4ccc(F)cc4)CC3)cc2)cc1[N+](=O)O. The van der Waals surface area contributed by atoms with Gasteiger partial charge in [0.2, 0.25) is 0 Å². The van der Waals surface area contributed by atoms with Crippen molar-refractivity contribution in [1.29, 1.82) is 0 Å². The van der Waals surface area contributed by atoms with Crippen LogP contribution in [0.1, 0.15) is 22.3 Å². The van der Waals surface area contributed by atoms with Gasteiger partial charge in [0.15, 0.2) is 0 Å². The van der Waals surface area contributed by atoms with Crippen molar-refractivity contribution in [2.45, 2.75) is 28.8 Å². The van der Waals surface area contributed by atoms with Crippen LogP contribution in [0, 0.1) is 10.7 Å². The fraction of sp³-hybridized carbons (Fsp3) is 0.268. The average molecular weight is 799 g/mol. The van der Waals surface area contributed by atoms with Gasteiger partial charge in [-0.25, -0.2) is 22.7 Å². The molecule has 6 rings (SSSR count). The van der Waals surface area contributed by atoms with Crippen molar-refractivity contribution < 1.29 is 27.7 Å². The van der Waals surface area contributed by atoms with E-state index in [0.29, 0.717) is 18.7 Å². The summed E-state index contributed by atoms with van der Waals surface area (Å²) in [6.07, 6.45) is 2.45. The predicted octanol–water partition coefficient (Wildman–Crippen LogP) is 6.65. The normalized spacial score (nSPS) is 14.0. The number of hydrogen-bond acceptors (Lipinski definition) is 10. The van der Waals surface area contributed by atoms with Crippen molar-refractivity contribution in [2.24, 2.45) is 0 Å². The highest BCUT2D eigenvalue weighted by atomic mass is 32.2. The van der Waals surface area contributed by atoms with E-state index >= 15 is 0 Å². The number of carbonyl (C=O) groups excluding carboxylic acids is 1. The first-order chi connectivity index (χ1) is 26.9. The predicted molar refractivity (Wildman–Crippen MR) is 217 cm³/mol. The highest BCUT2D eigenvalue weighted by Crippen LogP contribution is 2.30. The Morgan fingerprint density at radius 2 is 1.66 bits per heavy atom. The number of thioether (sulfide) groups is 1. The number of nitrogens with zero attached hydrogens (tertiary/aromatic N) is 5. The maximum absolute atomic E-state index is 13.5. The van der Waals surface area contributed by atoms with Gasteiger partial charge in [-0.3, -0.25) is 14.7 Å². The first-order valence-electron chi connectivity index (χ1n) is 18.2. The zero-order chi connectivity index (χ0) is 39.7. The largest absolute Gasteiger partial charge is 0.376 e. The Morgan fingerprint density at radius 1 is 0.946 bits per heavy atom. The molecule has 1 amide bonds. The number of amides is 1. The zero-order valence-electron chi connectivity index (χ0n) is 31.2. The van der Waals surface area contributed by atoms with E-state index in [2.05, 4.69) is 24.8 Å². The second-order valence-corrected chi connectivity index (χ2v) is 16.5. The summed E-state index contributed by atoms with van der Waals surface area (Å²) >= 11 is 1.64. The molecule has 0 saturated carbocycles. The summed E-state index contributed by atoms with van der Waals surface area (Å²) in [5.41, 5.74) is 3.75. The van der Waals surface area contributed by atoms with Crippen LogP contribution in [0.3, 0.4) is 0 Å². The Labute approximate surface area is 330 Å². The Balaban J connectivity index is 1.06. The molecule has 292 valence electrons. The van der Waals surface area contributed by atoms with Crippen LogP contribution in [0.15, 0.2) is 125 Å². The molecule has 0 spiro atoms. The molecular formula is C41H45FN7O5S2+. The van der Waals surface area contributed by atoms with Crippen LogP contribution in [0.4, 0.5) is 21.5 Å². The molecule has 0 aliphatic carbocycles. The van der Waals surface area contributed by atoms with E-state index < -0.39 is 15.9 Å². The van der Waals surface area contributed by atoms with Crippen LogP contribution in [-0.4, -0.2) is 97.9 Å². The second kappa shape index (κ2) is 18.5. The zero-order valence-corrected chi connectivity index (χ0v) is 32.8. The topological polar surface area (TPSA) is 138 Å². The van der Waals surface area contributed by atoms with Crippen molar-refractivity contribution >= 4 is 44.8 Å². The van der Waals surface area contributed by atoms with Crippen molar-refractivity contribution in [3.8, 4) is 11.3 Å². The molecule has 56 heavy (non-hydrogen) atoms. The lowest BCUT2D eigenvalue weighted by atomic mass is 10.0. The molecule has 15 heteroatoms. The van der Waals surface area contributed by atoms with Crippen LogP contribution in [0.2, 0.25) is 0 Å². The molecule has 1 aromatic heterocycles. The number of anilines is 2. The Hall–Kier alpha value is -5.35. The smallest absolute Gasteiger partial charge is 0.340 e. The van der Waals surface area contributed by atoms with Crippen molar-refractivity contribution in [2.75, 3.05) is 62.8 Å². The number of piperazine rings is 1. The Morgan fingerprint density at radius 3 is 2.34 bits per heavy atom. The summed E-state index contributed by atoms with van der Waals surface area (Å²) in [5.74, 6) is -0.469. The fourth-order valence-electron chi connectivity index (χ4n) is 6.41. The maximum Gasteiger partial charge on any atom is 0.340 e. The molecule has 3 N–H and O–H groups in total. The van der Waals surface area contributed by atoms with E-state index in [1.165, 1.54) is 24.3 Å². The highest BCUT2D eigenvalue weighted by molar-refractivity contribution is 7.99. The quantitative estimate of drug-likeness (QED) is 0.0731. The van der Waals surface area contributed by atoms with Gasteiger partial charge in [-0.15, -0.1) is 11.8 Å². The van der Waals surface area contributed by atoms with Gasteiger partial charge in [-0.05, 0) is 111 Å². The fourth-order valence-corrected chi connectivity index (χ4v) is 8.39. The monoisotopic (exact) mass is 798 g/mol. The number of hydrogen-bond donors (Lipinski definition) is 3. The number of nitrogens with one attached hydrogen (secondary N) is 2. The molecule has 5 aromatic rings. The minimum absolute atomic E-state index is 0.121.